The molecule has 3 rings (SSSR count). The Bertz CT molecular complexity index is 900. The average molecular weight is 435 g/mol. The number of aryl methyl sites for hydroxylation is 1. The number of amides is 3. The molecule has 0 radical (unpaired) electrons. The largest absolute Gasteiger partial charge is 0.369 e. The predicted octanol–water partition coefficient (Wildman–Crippen LogP) is 1.81. The number of aromatic nitrogens is 3. The van der Waals surface area contributed by atoms with Gasteiger partial charge in [-0.1, -0.05) is 30.8 Å². The Morgan fingerprint density at radius 2 is 1.93 bits per heavy atom. The van der Waals surface area contributed by atoms with Crippen LogP contribution in [0.4, 0.5) is 5.13 Å². The Morgan fingerprint density at radius 3 is 2.60 bits per heavy atom. The van der Waals surface area contributed by atoms with Crippen LogP contribution in [0.15, 0.2) is 9.90 Å². The van der Waals surface area contributed by atoms with E-state index in [9.17, 15) is 14.4 Å². The zero-order chi connectivity index (χ0) is 21.6. The summed E-state index contributed by atoms with van der Waals surface area (Å²) in [5.41, 5.74) is 5.06. The van der Waals surface area contributed by atoms with E-state index in [1.165, 1.54) is 18.3 Å². The molecule has 10 nitrogen and oxygen atoms in total. The fourth-order valence-corrected chi connectivity index (χ4v) is 4.38. The topological polar surface area (TPSA) is 153 Å². The molecule has 4 N–H and O–H groups in total. The molecule has 0 aliphatic heterocycles. The van der Waals surface area contributed by atoms with E-state index in [0.717, 1.165) is 38.5 Å². The van der Waals surface area contributed by atoms with Gasteiger partial charge in [0, 0.05) is 25.1 Å². The van der Waals surface area contributed by atoms with E-state index in [4.69, 9.17) is 10.3 Å². The van der Waals surface area contributed by atoms with Crippen LogP contribution in [0.3, 0.4) is 0 Å². The van der Waals surface area contributed by atoms with Crippen molar-refractivity contribution in [3.05, 3.63) is 22.8 Å². The van der Waals surface area contributed by atoms with Crippen LogP contribution in [0.25, 0.3) is 0 Å². The third-order valence-electron chi connectivity index (χ3n) is 4.99. The van der Waals surface area contributed by atoms with E-state index in [-0.39, 0.29) is 31.1 Å². The van der Waals surface area contributed by atoms with Crippen molar-refractivity contribution in [2.24, 2.45) is 5.73 Å². The minimum atomic E-state index is -0.607. The van der Waals surface area contributed by atoms with Crippen LogP contribution in [0.5, 0.6) is 0 Å². The number of carbonyl (C=O) groups is 3. The fourth-order valence-electron chi connectivity index (χ4n) is 3.65. The second-order valence-electron chi connectivity index (χ2n) is 7.52. The van der Waals surface area contributed by atoms with Gasteiger partial charge in [-0.25, -0.2) is 4.98 Å². The van der Waals surface area contributed by atoms with Crippen molar-refractivity contribution in [3.63, 3.8) is 0 Å². The first-order valence-electron chi connectivity index (χ1n) is 10.0. The van der Waals surface area contributed by atoms with Crippen molar-refractivity contribution in [2.75, 3.05) is 5.32 Å². The van der Waals surface area contributed by atoms with Crippen LogP contribution in [0.1, 0.15) is 69.3 Å². The van der Waals surface area contributed by atoms with Crippen molar-refractivity contribution in [2.45, 2.75) is 70.3 Å². The van der Waals surface area contributed by atoms with E-state index < -0.39 is 11.4 Å². The molecule has 3 amide bonds. The van der Waals surface area contributed by atoms with E-state index in [1.807, 2.05) is 0 Å². The van der Waals surface area contributed by atoms with Crippen LogP contribution >= 0.6 is 11.3 Å². The highest BCUT2D eigenvalue weighted by Crippen LogP contribution is 2.34. The lowest BCUT2D eigenvalue weighted by Crippen LogP contribution is -2.45. The molecule has 0 saturated heterocycles. The summed E-state index contributed by atoms with van der Waals surface area (Å²) in [6.45, 7) is 1.49. The van der Waals surface area contributed by atoms with Gasteiger partial charge in [0.2, 0.25) is 23.6 Å². The summed E-state index contributed by atoms with van der Waals surface area (Å²) in [6, 6.07) is 0. The van der Waals surface area contributed by atoms with E-state index >= 15 is 0 Å². The molecule has 2 aromatic rings. The van der Waals surface area contributed by atoms with Crippen LogP contribution in [-0.2, 0) is 32.8 Å². The first kappa shape index (κ1) is 21.9. The van der Waals surface area contributed by atoms with Gasteiger partial charge in [0.05, 0.1) is 12.1 Å². The van der Waals surface area contributed by atoms with Gasteiger partial charge in [0.1, 0.15) is 5.54 Å². The third kappa shape index (κ3) is 5.85. The highest BCUT2D eigenvalue weighted by molar-refractivity contribution is 7.13. The van der Waals surface area contributed by atoms with E-state index in [1.54, 1.807) is 5.38 Å². The highest BCUT2D eigenvalue weighted by Gasteiger charge is 2.38. The number of carbonyl (C=O) groups excluding carboxylic acids is 3. The molecule has 1 saturated carbocycles. The number of anilines is 1. The van der Waals surface area contributed by atoms with Gasteiger partial charge in [-0.15, -0.1) is 11.3 Å². The summed E-state index contributed by atoms with van der Waals surface area (Å²) in [4.78, 5) is 43.5. The van der Waals surface area contributed by atoms with Gasteiger partial charge in [-0.2, -0.15) is 4.98 Å². The molecule has 11 heteroatoms. The van der Waals surface area contributed by atoms with Crippen molar-refractivity contribution in [3.8, 4) is 0 Å². The fraction of sp³-hybridized carbons (Fsp3) is 0.579. The lowest BCUT2D eigenvalue weighted by molar-refractivity contribution is -0.121. The van der Waals surface area contributed by atoms with Crippen molar-refractivity contribution in [1.82, 2.24) is 20.4 Å². The van der Waals surface area contributed by atoms with Gasteiger partial charge >= 0.3 is 0 Å². The van der Waals surface area contributed by atoms with Crippen molar-refractivity contribution < 1.29 is 18.9 Å². The lowest BCUT2D eigenvalue weighted by atomic mass is 9.89. The smallest absolute Gasteiger partial charge is 0.227 e. The molecule has 0 bridgehead atoms. The number of thiazole rings is 1. The maximum absolute atomic E-state index is 12.2. The van der Waals surface area contributed by atoms with E-state index in [0.29, 0.717) is 22.5 Å². The molecule has 0 aromatic carbocycles. The van der Waals surface area contributed by atoms with Crippen molar-refractivity contribution in [1.29, 1.82) is 0 Å². The Morgan fingerprint density at radius 1 is 1.20 bits per heavy atom. The third-order valence-corrected chi connectivity index (χ3v) is 5.79. The Hall–Kier alpha value is -2.82. The van der Waals surface area contributed by atoms with Gasteiger partial charge in [0.25, 0.3) is 0 Å². The van der Waals surface area contributed by atoms with Gasteiger partial charge in [-0.3, -0.25) is 14.4 Å². The maximum Gasteiger partial charge on any atom is 0.227 e. The molecule has 1 aliphatic carbocycles. The summed E-state index contributed by atoms with van der Waals surface area (Å²) in [5, 5.41) is 11.9. The SMILES string of the molecule is CC(=O)NC1(c2noc(CCC(=O)Nc3nc(CC(N)=O)cs3)n2)CCCCCC1. The van der Waals surface area contributed by atoms with Crippen LogP contribution in [0, 0.1) is 0 Å². The number of rotatable bonds is 8. The molecule has 2 heterocycles. The number of nitrogens with one attached hydrogen (secondary N) is 2. The number of nitrogens with two attached hydrogens (primary N) is 1. The first-order chi connectivity index (χ1) is 14.4. The predicted molar refractivity (Wildman–Crippen MR) is 109 cm³/mol. The number of hydrogen-bond acceptors (Lipinski definition) is 8. The number of nitrogens with zero attached hydrogens (tertiary/aromatic N) is 3. The molecule has 2 aromatic heterocycles. The standard InChI is InChI=1S/C19H26N6O4S/c1-12(26)24-19(8-4-2-3-5-9-19)17-23-16(29-25-17)7-6-15(28)22-18-21-13(11-30-18)10-14(20)27/h11H,2-10H2,1H3,(H2,20,27)(H,24,26)(H,21,22,28). The summed E-state index contributed by atoms with van der Waals surface area (Å²) < 4.78 is 5.36. The molecule has 30 heavy (non-hydrogen) atoms. The summed E-state index contributed by atoms with van der Waals surface area (Å²) >= 11 is 1.23. The molecule has 0 atom stereocenters. The summed E-state index contributed by atoms with van der Waals surface area (Å²) in [5.74, 6) is -0.0210. The monoisotopic (exact) mass is 434 g/mol. The molecular weight excluding hydrogens is 408 g/mol. The van der Waals surface area contributed by atoms with Crippen molar-refractivity contribution >= 4 is 34.2 Å². The summed E-state index contributed by atoms with van der Waals surface area (Å²) in [6.07, 6.45) is 6.18. The maximum atomic E-state index is 12.2. The van der Waals surface area contributed by atoms with Crippen LogP contribution < -0.4 is 16.4 Å². The van der Waals surface area contributed by atoms with Crippen LogP contribution in [-0.4, -0.2) is 32.8 Å². The molecule has 0 spiro atoms. The zero-order valence-corrected chi connectivity index (χ0v) is 17.7. The van der Waals surface area contributed by atoms with Gasteiger partial charge < -0.3 is 20.9 Å². The van der Waals surface area contributed by atoms with E-state index in [2.05, 4.69) is 25.8 Å². The number of hydrogen-bond donors (Lipinski definition) is 3. The Balaban J connectivity index is 1.59. The second kappa shape index (κ2) is 9.79. The Labute approximate surface area is 178 Å². The lowest BCUT2D eigenvalue weighted by Gasteiger charge is -2.30. The summed E-state index contributed by atoms with van der Waals surface area (Å²) in [7, 11) is 0. The average Bonchev–Trinajstić information content (AvgIpc) is 3.25. The molecular formula is C19H26N6O4S. The first-order valence-corrected chi connectivity index (χ1v) is 10.9. The quantitative estimate of drug-likeness (QED) is 0.535. The molecule has 1 aliphatic rings. The minimum absolute atomic E-state index is 0.0349. The highest BCUT2D eigenvalue weighted by atomic mass is 32.1. The molecule has 0 unspecified atom stereocenters. The van der Waals surface area contributed by atoms with Gasteiger partial charge in [0.15, 0.2) is 11.0 Å². The Kier molecular flexibility index (Phi) is 7.14. The van der Waals surface area contributed by atoms with Crippen LogP contribution in [0.2, 0.25) is 0 Å². The zero-order valence-electron chi connectivity index (χ0n) is 16.9. The molecule has 162 valence electrons. The van der Waals surface area contributed by atoms with Gasteiger partial charge in [-0.05, 0) is 12.8 Å². The number of primary amides is 1. The second-order valence-corrected chi connectivity index (χ2v) is 8.38. The normalized spacial score (nSPS) is 15.9. The molecule has 1 fully saturated rings. The minimum Gasteiger partial charge on any atom is -0.369 e.